The number of aliphatic carboxylic acids is 1. The fraction of sp³-hybridized carbons (Fsp3) is 0.303. The van der Waals surface area contributed by atoms with E-state index < -0.39 is 12.0 Å². The van der Waals surface area contributed by atoms with Crippen molar-refractivity contribution < 1.29 is 24.2 Å². The Morgan fingerprint density at radius 1 is 0.950 bits per heavy atom. The van der Waals surface area contributed by atoms with Crippen LogP contribution < -0.4 is 15.0 Å². The van der Waals surface area contributed by atoms with Crippen molar-refractivity contribution in [3.8, 4) is 5.75 Å². The van der Waals surface area contributed by atoms with Crippen LogP contribution in [-0.4, -0.2) is 28.9 Å². The molecule has 0 aromatic heterocycles. The zero-order valence-electron chi connectivity index (χ0n) is 23.0. The van der Waals surface area contributed by atoms with Crippen molar-refractivity contribution >= 4 is 29.0 Å². The van der Waals surface area contributed by atoms with Crippen molar-refractivity contribution in [3.63, 3.8) is 0 Å². The van der Waals surface area contributed by atoms with Gasteiger partial charge in [-0.2, -0.15) is 0 Å². The number of carbonyl (C=O) groups is 3. The molecule has 206 valence electrons. The number of nitrogens with one attached hydrogen (secondary N) is 1. The van der Waals surface area contributed by atoms with Crippen LogP contribution in [0.15, 0.2) is 84.1 Å². The minimum absolute atomic E-state index is 0.00171. The van der Waals surface area contributed by atoms with Gasteiger partial charge in [0.15, 0.2) is 5.78 Å². The van der Waals surface area contributed by atoms with E-state index in [4.69, 9.17) is 4.74 Å². The van der Waals surface area contributed by atoms with Crippen LogP contribution in [0, 0.1) is 6.92 Å². The quantitative estimate of drug-likeness (QED) is 0.354. The summed E-state index contributed by atoms with van der Waals surface area (Å²) in [5.41, 5.74) is 5.67. The molecule has 0 unspecified atom stereocenters. The summed E-state index contributed by atoms with van der Waals surface area (Å²) in [6, 6.07) is 22.5. The van der Waals surface area contributed by atoms with Gasteiger partial charge in [-0.1, -0.05) is 54.1 Å². The number of hydrogen-bond acceptors (Lipinski definition) is 5. The maximum atomic E-state index is 14.1. The highest BCUT2D eigenvalue weighted by molar-refractivity contribution is 6.06. The zero-order valence-corrected chi connectivity index (χ0v) is 23.0. The number of anilines is 2. The third-order valence-electron chi connectivity index (χ3n) is 7.43. The Kier molecular flexibility index (Phi) is 7.74. The largest absolute Gasteiger partial charge is 0.491 e. The molecule has 0 radical (unpaired) electrons. The van der Waals surface area contributed by atoms with E-state index in [0.717, 1.165) is 22.4 Å². The highest BCUT2D eigenvalue weighted by atomic mass is 16.5. The van der Waals surface area contributed by atoms with Crippen molar-refractivity contribution in [2.45, 2.75) is 64.5 Å². The number of ether oxygens (including phenoxy) is 1. The van der Waals surface area contributed by atoms with Crippen LogP contribution >= 0.6 is 0 Å². The minimum atomic E-state index is -1.05. The molecule has 1 amide bonds. The van der Waals surface area contributed by atoms with E-state index >= 15 is 0 Å². The lowest BCUT2D eigenvalue weighted by molar-refractivity contribution is -0.138. The van der Waals surface area contributed by atoms with E-state index in [0.29, 0.717) is 35.5 Å². The van der Waals surface area contributed by atoms with Crippen LogP contribution in [0.1, 0.15) is 68.2 Å². The number of amides is 1. The first-order valence-corrected chi connectivity index (χ1v) is 13.7. The van der Waals surface area contributed by atoms with Gasteiger partial charge in [-0.15, -0.1) is 0 Å². The number of benzene rings is 3. The number of Topliss-reactive ketones (excluding diaryl/α,β-unsaturated/α-hetero) is 1. The number of fused-ring (bicyclic) bond motifs is 1. The van der Waals surface area contributed by atoms with Gasteiger partial charge < -0.3 is 15.2 Å². The number of para-hydroxylation sites is 2. The first-order valence-electron chi connectivity index (χ1n) is 13.7. The molecule has 2 aliphatic rings. The van der Waals surface area contributed by atoms with Gasteiger partial charge >= 0.3 is 5.97 Å². The molecule has 1 heterocycles. The summed E-state index contributed by atoms with van der Waals surface area (Å²) in [5, 5.41) is 12.8. The van der Waals surface area contributed by atoms with E-state index in [-0.39, 0.29) is 36.6 Å². The number of carboxylic acid groups (broad SMARTS) is 1. The number of carbonyl (C=O) groups excluding carboxylic acids is 2. The maximum absolute atomic E-state index is 14.1. The van der Waals surface area contributed by atoms with E-state index in [1.165, 1.54) is 0 Å². The normalized spacial score (nSPS) is 18.5. The average Bonchev–Trinajstić information content (AvgIpc) is 3.07. The molecule has 3 aromatic rings. The first-order chi connectivity index (χ1) is 19.2. The van der Waals surface area contributed by atoms with Crippen LogP contribution in [0.25, 0.3) is 0 Å². The lowest BCUT2D eigenvalue weighted by Gasteiger charge is -2.35. The fourth-order valence-corrected chi connectivity index (χ4v) is 5.59. The molecule has 7 heteroatoms. The zero-order chi connectivity index (χ0) is 28.4. The standard InChI is InChI=1S/C33H34N2O5/c1-20(2)40-25-14-12-23(13-15-25)33-32-27(18-24(19-29(32)36)22-10-8-21(3)9-11-22)34-26-6-4-5-7-28(26)35(33)30(37)16-17-31(38)39/h4-15,20,24,33-34H,16-19H2,1-3H3,(H,38,39)/t24-,33-/m0/s1. The van der Waals surface area contributed by atoms with Gasteiger partial charge in [0.1, 0.15) is 5.75 Å². The summed E-state index contributed by atoms with van der Waals surface area (Å²) in [4.78, 5) is 40.8. The van der Waals surface area contributed by atoms with E-state index in [2.05, 4.69) is 29.6 Å². The van der Waals surface area contributed by atoms with Crippen molar-refractivity contribution in [1.29, 1.82) is 0 Å². The van der Waals surface area contributed by atoms with E-state index in [1.54, 1.807) is 4.90 Å². The molecule has 2 atom stereocenters. The van der Waals surface area contributed by atoms with Crippen molar-refractivity contribution in [3.05, 3.63) is 101 Å². The van der Waals surface area contributed by atoms with Crippen LogP contribution in [0.3, 0.4) is 0 Å². The summed E-state index contributed by atoms with van der Waals surface area (Å²) in [6.45, 7) is 5.94. The Labute approximate surface area is 234 Å². The molecular formula is C33H34N2O5. The summed E-state index contributed by atoms with van der Waals surface area (Å²) < 4.78 is 5.84. The predicted molar refractivity (Wildman–Crippen MR) is 155 cm³/mol. The lowest BCUT2D eigenvalue weighted by atomic mass is 9.78. The summed E-state index contributed by atoms with van der Waals surface area (Å²) in [7, 11) is 0. The number of aryl methyl sites for hydroxylation is 1. The Hall–Kier alpha value is -4.39. The number of allylic oxidation sites excluding steroid dienone is 1. The van der Waals surface area contributed by atoms with Crippen LogP contribution in [0.2, 0.25) is 0 Å². The predicted octanol–water partition coefficient (Wildman–Crippen LogP) is 6.55. The van der Waals surface area contributed by atoms with Crippen molar-refractivity contribution in [1.82, 2.24) is 0 Å². The van der Waals surface area contributed by atoms with Gasteiger partial charge in [-0.05, 0) is 68.5 Å². The second-order valence-corrected chi connectivity index (χ2v) is 10.8. The van der Waals surface area contributed by atoms with Crippen molar-refractivity contribution in [2.75, 3.05) is 10.2 Å². The highest BCUT2D eigenvalue weighted by Crippen LogP contribution is 2.47. The van der Waals surface area contributed by atoms with Gasteiger partial charge in [0.05, 0.1) is 29.9 Å². The molecule has 7 nitrogen and oxygen atoms in total. The summed E-state index contributed by atoms with van der Waals surface area (Å²) in [6.07, 6.45) is 0.455. The van der Waals surface area contributed by atoms with Gasteiger partial charge in [0.2, 0.25) is 5.91 Å². The second kappa shape index (κ2) is 11.4. The number of ketones is 1. The molecule has 0 saturated heterocycles. The van der Waals surface area contributed by atoms with Crippen LogP contribution in [0.5, 0.6) is 5.75 Å². The second-order valence-electron chi connectivity index (χ2n) is 10.8. The number of nitrogens with zero attached hydrogens (tertiary/aromatic N) is 1. The Morgan fingerprint density at radius 2 is 1.62 bits per heavy atom. The Morgan fingerprint density at radius 3 is 2.30 bits per heavy atom. The minimum Gasteiger partial charge on any atom is -0.491 e. The van der Waals surface area contributed by atoms with Crippen LogP contribution in [-0.2, 0) is 14.4 Å². The molecule has 0 fully saturated rings. The summed E-state index contributed by atoms with van der Waals surface area (Å²) >= 11 is 0. The van der Waals surface area contributed by atoms with Crippen LogP contribution in [0.4, 0.5) is 11.4 Å². The van der Waals surface area contributed by atoms with Crippen molar-refractivity contribution in [2.24, 2.45) is 0 Å². The lowest BCUT2D eigenvalue weighted by Crippen LogP contribution is -2.38. The molecule has 5 rings (SSSR count). The smallest absolute Gasteiger partial charge is 0.303 e. The molecular weight excluding hydrogens is 504 g/mol. The topological polar surface area (TPSA) is 95.9 Å². The summed E-state index contributed by atoms with van der Waals surface area (Å²) in [5.74, 6) is -0.737. The average molecular weight is 539 g/mol. The Balaban J connectivity index is 1.65. The van der Waals surface area contributed by atoms with Gasteiger partial charge in [-0.25, -0.2) is 0 Å². The molecule has 40 heavy (non-hydrogen) atoms. The third-order valence-corrected chi connectivity index (χ3v) is 7.43. The third kappa shape index (κ3) is 5.64. The molecule has 3 aromatic carbocycles. The monoisotopic (exact) mass is 538 g/mol. The van der Waals surface area contributed by atoms with E-state index in [1.807, 2.05) is 69.3 Å². The number of hydrogen-bond donors (Lipinski definition) is 2. The number of rotatable bonds is 7. The van der Waals surface area contributed by atoms with Gasteiger partial charge in [0, 0.05) is 24.1 Å². The molecule has 2 N–H and O–H groups in total. The molecule has 0 saturated carbocycles. The fourth-order valence-electron chi connectivity index (χ4n) is 5.59. The molecule has 0 bridgehead atoms. The van der Waals surface area contributed by atoms with Gasteiger partial charge in [0.25, 0.3) is 0 Å². The molecule has 0 spiro atoms. The SMILES string of the molecule is Cc1ccc([C@@H]2CC(=O)C3=C(C2)Nc2ccccc2N(C(=O)CCC(=O)O)[C@H]3c2ccc(OC(C)C)cc2)cc1. The molecule has 1 aliphatic carbocycles. The maximum Gasteiger partial charge on any atom is 0.303 e. The van der Waals surface area contributed by atoms with Gasteiger partial charge in [-0.3, -0.25) is 19.3 Å². The van der Waals surface area contributed by atoms with E-state index in [9.17, 15) is 19.5 Å². The Bertz CT molecular complexity index is 1460. The molecule has 1 aliphatic heterocycles. The highest BCUT2D eigenvalue weighted by Gasteiger charge is 2.41. The number of carboxylic acids is 1. The first kappa shape index (κ1) is 27.2.